The number of hydrogen-bond donors (Lipinski definition) is 0. The minimum Gasteiger partial charge on any atom is -0.223 e. The second kappa shape index (κ2) is 4.38. The zero-order valence-corrected chi connectivity index (χ0v) is 9.45. The topological polar surface area (TPSA) is 25.8 Å². The second-order valence-electron chi connectivity index (χ2n) is 1.89. The molecule has 0 amide bonds. The van der Waals surface area contributed by atoms with E-state index in [2.05, 4.69) is 41.8 Å². The molecular formula is C6H5Br2ClN2. The van der Waals surface area contributed by atoms with Crippen LogP contribution in [0.25, 0.3) is 0 Å². The van der Waals surface area contributed by atoms with Crippen molar-refractivity contribution in [3.63, 3.8) is 0 Å². The van der Waals surface area contributed by atoms with Crippen LogP contribution >= 0.6 is 43.5 Å². The maximum absolute atomic E-state index is 5.62. The van der Waals surface area contributed by atoms with Gasteiger partial charge in [0, 0.05) is 11.0 Å². The van der Waals surface area contributed by atoms with Crippen molar-refractivity contribution < 1.29 is 0 Å². The number of rotatable bonds is 2. The van der Waals surface area contributed by atoms with Crippen molar-refractivity contribution in [1.29, 1.82) is 0 Å². The SMILES string of the molecule is Clc1nc(Br)cc(CCBr)n1. The second-order valence-corrected chi connectivity index (χ2v) is 3.83. The van der Waals surface area contributed by atoms with Crippen LogP contribution in [0.1, 0.15) is 5.69 Å². The lowest BCUT2D eigenvalue weighted by Gasteiger charge is -1.97. The smallest absolute Gasteiger partial charge is 0.223 e. The molecule has 0 aliphatic carbocycles. The third-order valence-corrected chi connectivity index (χ3v) is 2.04. The lowest BCUT2D eigenvalue weighted by atomic mass is 10.3. The first kappa shape index (κ1) is 9.42. The van der Waals surface area contributed by atoms with Crippen LogP contribution in [0.3, 0.4) is 0 Å². The van der Waals surface area contributed by atoms with Crippen LogP contribution in [0.2, 0.25) is 5.28 Å². The molecule has 60 valence electrons. The van der Waals surface area contributed by atoms with Gasteiger partial charge in [0.25, 0.3) is 0 Å². The molecule has 0 N–H and O–H groups in total. The number of aryl methyl sites for hydroxylation is 1. The summed E-state index contributed by atoms with van der Waals surface area (Å²) in [5, 5.41) is 1.17. The molecule has 11 heavy (non-hydrogen) atoms. The molecule has 0 radical (unpaired) electrons. The Bertz CT molecular complexity index is 234. The first-order valence-corrected chi connectivity index (χ1v) is 5.26. The zero-order chi connectivity index (χ0) is 8.27. The molecule has 1 aromatic heterocycles. The average Bonchev–Trinajstić information content (AvgIpc) is 1.85. The predicted molar refractivity (Wildman–Crippen MR) is 52.2 cm³/mol. The van der Waals surface area contributed by atoms with Gasteiger partial charge in [0.15, 0.2) is 0 Å². The van der Waals surface area contributed by atoms with E-state index in [0.29, 0.717) is 0 Å². The predicted octanol–water partition coefficient (Wildman–Crippen LogP) is 2.83. The van der Waals surface area contributed by atoms with Crippen molar-refractivity contribution in [2.45, 2.75) is 6.42 Å². The van der Waals surface area contributed by atoms with E-state index in [0.717, 1.165) is 22.0 Å². The molecule has 0 bridgehead atoms. The van der Waals surface area contributed by atoms with Crippen molar-refractivity contribution in [1.82, 2.24) is 9.97 Å². The summed E-state index contributed by atoms with van der Waals surface area (Å²) in [4.78, 5) is 7.89. The normalized spacial score (nSPS) is 10.1. The van der Waals surface area contributed by atoms with Gasteiger partial charge in [0.2, 0.25) is 5.28 Å². The lowest BCUT2D eigenvalue weighted by Crippen LogP contribution is -1.93. The summed E-state index contributed by atoms with van der Waals surface area (Å²) in [6.45, 7) is 0. The van der Waals surface area contributed by atoms with Crippen LogP contribution < -0.4 is 0 Å². The molecular weight excluding hydrogens is 295 g/mol. The van der Waals surface area contributed by atoms with Crippen LogP contribution in [-0.4, -0.2) is 15.3 Å². The van der Waals surface area contributed by atoms with Gasteiger partial charge < -0.3 is 0 Å². The van der Waals surface area contributed by atoms with Crippen molar-refractivity contribution in [3.05, 3.63) is 21.6 Å². The highest BCUT2D eigenvalue weighted by Gasteiger charge is 1.99. The van der Waals surface area contributed by atoms with Crippen molar-refractivity contribution >= 4 is 43.5 Å². The number of halogens is 3. The monoisotopic (exact) mass is 298 g/mol. The molecule has 0 atom stereocenters. The fourth-order valence-corrected chi connectivity index (χ4v) is 1.80. The summed E-state index contributed by atoms with van der Waals surface area (Å²) in [5.74, 6) is 0. The summed E-state index contributed by atoms with van der Waals surface area (Å²) < 4.78 is 0.730. The van der Waals surface area contributed by atoms with Gasteiger partial charge in [-0.1, -0.05) is 15.9 Å². The summed E-state index contributed by atoms with van der Waals surface area (Å²) in [5.41, 5.74) is 0.939. The van der Waals surface area contributed by atoms with Gasteiger partial charge in [-0.25, -0.2) is 9.97 Å². The summed E-state index contributed by atoms with van der Waals surface area (Å²) in [7, 11) is 0. The Morgan fingerprint density at radius 3 is 2.73 bits per heavy atom. The summed E-state index contributed by atoms with van der Waals surface area (Å²) in [6.07, 6.45) is 0.862. The minimum atomic E-state index is 0.287. The van der Waals surface area contributed by atoms with Gasteiger partial charge in [-0.3, -0.25) is 0 Å². The third kappa shape index (κ3) is 3.05. The average molecular weight is 300 g/mol. The number of hydrogen-bond acceptors (Lipinski definition) is 2. The molecule has 0 fully saturated rings. The number of aromatic nitrogens is 2. The fourth-order valence-electron chi connectivity index (χ4n) is 0.659. The summed E-state index contributed by atoms with van der Waals surface area (Å²) in [6, 6.07) is 1.85. The van der Waals surface area contributed by atoms with E-state index >= 15 is 0 Å². The lowest BCUT2D eigenvalue weighted by molar-refractivity contribution is 0.999. The van der Waals surface area contributed by atoms with Crippen LogP contribution in [-0.2, 0) is 6.42 Å². The fraction of sp³-hybridized carbons (Fsp3) is 0.333. The highest BCUT2D eigenvalue weighted by molar-refractivity contribution is 9.10. The number of nitrogens with zero attached hydrogens (tertiary/aromatic N) is 2. The Morgan fingerprint density at radius 1 is 1.45 bits per heavy atom. The first-order chi connectivity index (χ1) is 5.22. The Labute approximate surface area is 86.6 Å². The largest absolute Gasteiger partial charge is 0.223 e. The Morgan fingerprint density at radius 2 is 2.18 bits per heavy atom. The molecule has 0 saturated heterocycles. The molecule has 0 aliphatic heterocycles. The molecule has 0 unspecified atom stereocenters. The highest BCUT2D eigenvalue weighted by Crippen LogP contribution is 2.12. The molecule has 0 aliphatic rings. The van der Waals surface area contributed by atoms with E-state index < -0.39 is 0 Å². The van der Waals surface area contributed by atoms with Gasteiger partial charge in [-0.05, 0) is 40.0 Å². The van der Waals surface area contributed by atoms with Crippen molar-refractivity contribution in [2.75, 3.05) is 5.33 Å². The Hall–Kier alpha value is 0.330. The van der Waals surface area contributed by atoms with E-state index in [1.165, 1.54) is 0 Å². The van der Waals surface area contributed by atoms with Crippen molar-refractivity contribution in [2.24, 2.45) is 0 Å². The Kier molecular flexibility index (Phi) is 3.75. The van der Waals surface area contributed by atoms with Crippen molar-refractivity contribution in [3.8, 4) is 0 Å². The molecule has 1 aromatic rings. The van der Waals surface area contributed by atoms with E-state index in [4.69, 9.17) is 11.6 Å². The van der Waals surface area contributed by atoms with Crippen LogP contribution in [0.5, 0.6) is 0 Å². The maximum Gasteiger partial charge on any atom is 0.223 e. The molecule has 5 heteroatoms. The van der Waals surface area contributed by atoms with Crippen LogP contribution in [0.15, 0.2) is 10.7 Å². The van der Waals surface area contributed by atoms with Crippen LogP contribution in [0, 0.1) is 0 Å². The minimum absolute atomic E-state index is 0.287. The highest BCUT2D eigenvalue weighted by atomic mass is 79.9. The van der Waals surface area contributed by atoms with Gasteiger partial charge in [-0.15, -0.1) is 0 Å². The molecule has 0 spiro atoms. The molecule has 2 nitrogen and oxygen atoms in total. The van der Waals surface area contributed by atoms with E-state index in [1.807, 2.05) is 6.07 Å². The first-order valence-electron chi connectivity index (χ1n) is 2.97. The standard InChI is InChI=1S/C6H5Br2ClN2/c7-2-1-4-3-5(8)11-6(9)10-4/h3H,1-2H2. The van der Waals surface area contributed by atoms with Gasteiger partial charge >= 0.3 is 0 Å². The van der Waals surface area contributed by atoms with Gasteiger partial charge in [0.05, 0.1) is 0 Å². The molecule has 0 saturated carbocycles. The molecule has 0 aromatic carbocycles. The zero-order valence-electron chi connectivity index (χ0n) is 5.52. The number of alkyl halides is 1. The van der Waals surface area contributed by atoms with E-state index in [1.54, 1.807) is 0 Å². The molecule has 1 heterocycles. The summed E-state index contributed by atoms with van der Waals surface area (Å²) >= 11 is 12.2. The maximum atomic E-state index is 5.62. The van der Waals surface area contributed by atoms with E-state index in [9.17, 15) is 0 Å². The van der Waals surface area contributed by atoms with Gasteiger partial charge in [-0.2, -0.15) is 0 Å². The third-order valence-electron chi connectivity index (χ3n) is 1.07. The van der Waals surface area contributed by atoms with Crippen LogP contribution in [0.4, 0.5) is 0 Å². The van der Waals surface area contributed by atoms with Gasteiger partial charge in [0.1, 0.15) is 4.60 Å². The quantitative estimate of drug-likeness (QED) is 0.477. The molecule has 1 rings (SSSR count). The Balaban J connectivity index is 2.89. The van der Waals surface area contributed by atoms with E-state index in [-0.39, 0.29) is 5.28 Å².